The molecule has 7 heteroatoms. The number of nitro benzene ring substituents is 1. The van der Waals surface area contributed by atoms with Gasteiger partial charge in [0.15, 0.2) is 0 Å². The number of aryl methyl sites for hydroxylation is 1. The lowest BCUT2D eigenvalue weighted by Gasteiger charge is -2.06. The van der Waals surface area contributed by atoms with Crippen molar-refractivity contribution < 1.29 is 4.92 Å². The smallest absolute Gasteiger partial charge is 0.273 e. The molecule has 1 aromatic carbocycles. The molecule has 1 N–H and O–H groups in total. The van der Waals surface area contributed by atoms with E-state index in [1.54, 1.807) is 18.3 Å². The number of hydrogen-bond donors (Lipinski definition) is 1. The van der Waals surface area contributed by atoms with Crippen LogP contribution in [0, 0.1) is 17.0 Å². The molecule has 0 aliphatic rings. The van der Waals surface area contributed by atoms with E-state index in [9.17, 15) is 10.1 Å². The number of nitrogens with one attached hydrogen (secondary N) is 1. The predicted octanol–water partition coefficient (Wildman–Crippen LogP) is 2.65. The van der Waals surface area contributed by atoms with Crippen molar-refractivity contribution in [2.75, 3.05) is 6.54 Å². The number of nitrogens with zero attached hydrogens (tertiary/aromatic N) is 3. The Bertz CT molecular complexity index is 612. The quantitative estimate of drug-likeness (QED) is 0.499. The molecule has 0 spiro atoms. The number of rotatable bonds is 6. The van der Waals surface area contributed by atoms with Gasteiger partial charge in [-0.2, -0.15) is 5.10 Å². The van der Waals surface area contributed by atoms with Gasteiger partial charge in [-0.1, -0.05) is 15.9 Å². The first kappa shape index (κ1) is 14.7. The highest BCUT2D eigenvalue weighted by atomic mass is 79.9. The molecule has 2 rings (SSSR count). The van der Waals surface area contributed by atoms with Crippen LogP contribution < -0.4 is 5.32 Å². The Morgan fingerprint density at radius 1 is 1.50 bits per heavy atom. The SMILES string of the molecule is Cc1cnn(CCNCc2cc(Br)ccc2[N+](=O)[O-])c1. The number of nitro groups is 1. The van der Waals surface area contributed by atoms with Crippen LogP contribution in [-0.2, 0) is 13.1 Å². The van der Waals surface area contributed by atoms with Crippen LogP contribution >= 0.6 is 15.9 Å². The molecule has 20 heavy (non-hydrogen) atoms. The fourth-order valence-corrected chi connectivity index (χ4v) is 2.29. The summed E-state index contributed by atoms with van der Waals surface area (Å²) in [7, 11) is 0. The van der Waals surface area contributed by atoms with E-state index < -0.39 is 0 Å². The van der Waals surface area contributed by atoms with Crippen molar-refractivity contribution in [3.05, 3.63) is 56.3 Å². The summed E-state index contributed by atoms with van der Waals surface area (Å²) >= 11 is 3.33. The van der Waals surface area contributed by atoms with Crippen LogP contribution in [0.5, 0.6) is 0 Å². The van der Waals surface area contributed by atoms with E-state index in [0.717, 1.165) is 16.6 Å². The molecule has 0 atom stereocenters. The van der Waals surface area contributed by atoms with Gasteiger partial charge in [-0.3, -0.25) is 14.8 Å². The summed E-state index contributed by atoms with van der Waals surface area (Å²) in [4.78, 5) is 10.6. The second-order valence-electron chi connectivity index (χ2n) is 4.49. The van der Waals surface area contributed by atoms with Crippen molar-refractivity contribution in [3.8, 4) is 0 Å². The largest absolute Gasteiger partial charge is 0.311 e. The van der Waals surface area contributed by atoms with Gasteiger partial charge in [0.25, 0.3) is 5.69 Å². The molecule has 1 heterocycles. The number of hydrogen-bond acceptors (Lipinski definition) is 4. The third kappa shape index (κ3) is 3.88. The van der Waals surface area contributed by atoms with Gasteiger partial charge in [0.05, 0.1) is 17.7 Å². The lowest BCUT2D eigenvalue weighted by molar-refractivity contribution is -0.385. The van der Waals surface area contributed by atoms with Crippen molar-refractivity contribution in [2.45, 2.75) is 20.0 Å². The lowest BCUT2D eigenvalue weighted by Crippen LogP contribution is -2.20. The zero-order chi connectivity index (χ0) is 14.5. The Morgan fingerprint density at radius 2 is 2.30 bits per heavy atom. The maximum atomic E-state index is 10.9. The number of halogens is 1. The Hall–Kier alpha value is -1.73. The van der Waals surface area contributed by atoms with Crippen LogP contribution in [0.25, 0.3) is 0 Å². The third-order valence-corrected chi connectivity index (χ3v) is 3.33. The van der Waals surface area contributed by atoms with Gasteiger partial charge in [-0.25, -0.2) is 0 Å². The highest BCUT2D eigenvalue weighted by Gasteiger charge is 2.12. The highest BCUT2D eigenvalue weighted by Crippen LogP contribution is 2.22. The molecular weight excluding hydrogens is 324 g/mol. The predicted molar refractivity (Wildman–Crippen MR) is 79.5 cm³/mol. The van der Waals surface area contributed by atoms with Crippen molar-refractivity contribution in [3.63, 3.8) is 0 Å². The van der Waals surface area contributed by atoms with E-state index in [1.807, 2.05) is 17.8 Å². The van der Waals surface area contributed by atoms with E-state index in [-0.39, 0.29) is 10.6 Å². The van der Waals surface area contributed by atoms with E-state index in [1.165, 1.54) is 6.07 Å². The van der Waals surface area contributed by atoms with E-state index >= 15 is 0 Å². The first-order chi connectivity index (χ1) is 9.56. The maximum absolute atomic E-state index is 10.9. The van der Waals surface area contributed by atoms with Crippen LogP contribution in [0.3, 0.4) is 0 Å². The minimum Gasteiger partial charge on any atom is -0.311 e. The number of benzene rings is 1. The van der Waals surface area contributed by atoms with Crippen molar-refractivity contribution in [1.29, 1.82) is 0 Å². The van der Waals surface area contributed by atoms with Crippen LogP contribution in [0.1, 0.15) is 11.1 Å². The average Bonchev–Trinajstić information content (AvgIpc) is 2.80. The topological polar surface area (TPSA) is 73.0 Å². The Kier molecular flexibility index (Phi) is 4.86. The second-order valence-corrected chi connectivity index (χ2v) is 5.40. The first-order valence-corrected chi connectivity index (χ1v) is 6.98. The summed E-state index contributed by atoms with van der Waals surface area (Å²) in [6, 6.07) is 4.95. The van der Waals surface area contributed by atoms with Crippen LogP contribution in [0.4, 0.5) is 5.69 Å². The Morgan fingerprint density at radius 3 is 2.95 bits per heavy atom. The highest BCUT2D eigenvalue weighted by molar-refractivity contribution is 9.10. The Balaban J connectivity index is 1.90. The van der Waals surface area contributed by atoms with Gasteiger partial charge < -0.3 is 5.32 Å². The van der Waals surface area contributed by atoms with Crippen LogP contribution in [0.2, 0.25) is 0 Å². The van der Waals surface area contributed by atoms with Crippen molar-refractivity contribution >= 4 is 21.6 Å². The van der Waals surface area contributed by atoms with Crippen molar-refractivity contribution in [2.24, 2.45) is 0 Å². The Labute approximate surface area is 125 Å². The minimum atomic E-state index is -0.361. The van der Waals surface area contributed by atoms with Gasteiger partial charge in [-0.15, -0.1) is 0 Å². The molecule has 0 aliphatic carbocycles. The second kappa shape index (κ2) is 6.62. The zero-order valence-corrected chi connectivity index (χ0v) is 12.6. The molecule has 0 radical (unpaired) electrons. The molecule has 0 aliphatic heterocycles. The summed E-state index contributed by atoms with van der Waals surface area (Å²) in [6.07, 6.45) is 3.77. The monoisotopic (exact) mass is 338 g/mol. The van der Waals surface area contributed by atoms with Crippen LogP contribution in [0.15, 0.2) is 35.1 Å². The molecule has 0 saturated carbocycles. The fraction of sp³-hybridized carbons (Fsp3) is 0.308. The zero-order valence-electron chi connectivity index (χ0n) is 11.0. The minimum absolute atomic E-state index is 0.135. The molecule has 0 amide bonds. The number of aromatic nitrogens is 2. The standard InChI is InChI=1S/C13H15BrN4O2/c1-10-7-16-17(9-10)5-4-15-8-11-6-12(14)2-3-13(11)18(19)20/h2-3,6-7,9,15H,4-5,8H2,1H3. The lowest BCUT2D eigenvalue weighted by atomic mass is 10.2. The fourth-order valence-electron chi connectivity index (χ4n) is 1.88. The van der Waals surface area contributed by atoms with E-state index in [0.29, 0.717) is 18.7 Å². The van der Waals surface area contributed by atoms with E-state index in [2.05, 4.69) is 26.3 Å². The van der Waals surface area contributed by atoms with Gasteiger partial charge in [0.2, 0.25) is 0 Å². The summed E-state index contributed by atoms with van der Waals surface area (Å²) in [5.41, 5.74) is 1.92. The van der Waals surface area contributed by atoms with Crippen molar-refractivity contribution in [1.82, 2.24) is 15.1 Å². The molecular formula is C13H15BrN4O2. The molecule has 0 bridgehead atoms. The summed E-state index contributed by atoms with van der Waals surface area (Å²) in [6.45, 7) is 3.87. The molecule has 0 saturated heterocycles. The third-order valence-electron chi connectivity index (χ3n) is 2.83. The molecule has 1 aromatic heterocycles. The molecule has 6 nitrogen and oxygen atoms in total. The maximum Gasteiger partial charge on any atom is 0.273 e. The molecule has 2 aromatic rings. The van der Waals surface area contributed by atoms with Crippen LogP contribution in [-0.4, -0.2) is 21.2 Å². The molecule has 0 unspecified atom stereocenters. The summed E-state index contributed by atoms with van der Waals surface area (Å²) in [5.74, 6) is 0. The molecule has 0 fully saturated rings. The summed E-state index contributed by atoms with van der Waals surface area (Å²) < 4.78 is 2.68. The molecule has 106 valence electrons. The average molecular weight is 339 g/mol. The first-order valence-electron chi connectivity index (χ1n) is 6.19. The normalized spacial score (nSPS) is 10.7. The van der Waals surface area contributed by atoms with Gasteiger partial charge in [-0.05, 0) is 24.6 Å². The van der Waals surface area contributed by atoms with E-state index in [4.69, 9.17) is 0 Å². The van der Waals surface area contributed by atoms with Gasteiger partial charge >= 0.3 is 0 Å². The van der Waals surface area contributed by atoms with Gasteiger partial charge in [0, 0.05) is 35.4 Å². The van der Waals surface area contributed by atoms with Gasteiger partial charge in [0.1, 0.15) is 0 Å². The summed E-state index contributed by atoms with van der Waals surface area (Å²) in [5, 5.41) is 18.3.